The summed E-state index contributed by atoms with van der Waals surface area (Å²) in [5.74, 6) is 0.957. The van der Waals surface area contributed by atoms with Gasteiger partial charge in [0.15, 0.2) is 0 Å². The monoisotopic (exact) mass is 502 g/mol. The topological polar surface area (TPSA) is 9.23 Å². The van der Waals surface area contributed by atoms with Crippen molar-refractivity contribution in [3.05, 3.63) is 72.8 Å². The van der Waals surface area contributed by atoms with Crippen LogP contribution in [0.2, 0.25) is 5.32 Å². The van der Waals surface area contributed by atoms with Crippen molar-refractivity contribution in [1.82, 2.24) is 0 Å². The van der Waals surface area contributed by atoms with Crippen molar-refractivity contribution >= 4 is 42.9 Å². The van der Waals surface area contributed by atoms with Gasteiger partial charge in [-0.2, -0.15) is 0 Å². The van der Waals surface area contributed by atoms with Crippen molar-refractivity contribution in [3.63, 3.8) is 0 Å². The molecular formula is C26H30OS2Se. The zero-order chi connectivity index (χ0) is 21.0. The van der Waals surface area contributed by atoms with E-state index in [1.807, 2.05) is 23.5 Å². The molecule has 0 spiro atoms. The standard InChI is InChI=1S/C26H30OS2Se/c1-3-5-19-27-21-15-17-22(18-16-21)28-23-11-7-8-12-24(23)29-25-13-9-10-14-26(25)30-20-6-4-2/h7-18H,3-6,19-20H2,1-2H3. The van der Waals surface area contributed by atoms with E-state index in [0.29, 0.717) is 15.0 Å². The van der Waals surface area contributed by atoms with E-state index in [1.54, 1.807) is 0 Å². The number of hydrogen-bond acceptors (Lipinski definition) is 3. The van der Waals surface area contributed by atoms with Crippen molar-refractivity contribution in [2.75, 3.05) is 6.61 Å². The summed E-state index contributed by atoms with van der Waals surface area (Å²) >= 11 is 4.28. The van der Waals surface area contributed by atoms with E-state index in [-0.39, 0.29) is 0 Å². The molecule has 3 aromatic carbocycles. The van der Waals surface area contributed by atoms with E-state index in [0.717, 1.165) is 25.2 Å². The van der Waals surface area contributed by atoms with Crippen LogP contribution in [-0.4, -0.2) is 21.6 Å². The average Bonchev–Trinajstić information content (AvgIpc) is 2.78. The minimum absolute atomic E-state index is 0.551. The summed E-state index contributed by atoms with van der Waals surface area (Å²) in [5.41, 5.74) is 0. The van der Waals surface area contributed by atoms with E-state index in [4.69, 9.17) is 4.74 Å². The molecule has 0 bridgehead atoms. The summed E-state index contributed by atoms with van der Waals surface area (Å²) in [5, 5.41) is 1.32. The second kappa shape index (κ2) is 13.2. The molecule has 0 N–H and O–H groups in total. The summed E-state index contributed by atoms with van der Waals surface area (Å²) in [6, 6.07) is 26.2. The van der Waals surface area contributed by atoms with Crippen LogP contribution >= 0.6 is 23.5 Å². The molecule has 30 heavy (non-hydrogen) atoms. The van der Waals surface area contributed by atoms with Crippen molar-refractivity contribution in [3.8, 4) is 5.75 Å². The van der Waals surface area contributed by atoms with E-state index in [1.165, 1.54) is 42.2 Å². The molecule has 0 unspecified atom stereocenters. The summed E-state index contributed by atoms with van der Waals surface area (Å²) in [6.07, 6.45) is 4.86. The van der Waals surface area contributed by atoms with Gasteiger partial charge in [-0.15, -0.1) is 0 Å². The molecule has 4 heteroatoms. The number of unbranched alkanes of at least 4 members (excludes halogenated alkanes) is 2. The van der Waals surface area contributed by atoms with Crippen LogP contribution in [0.25, 0.3) is 0 Å². The molecule has 0 fully saturated rings. The Kier molecular flexibility index (Phi) is 10.2. The fraction of sp³-hybridized carbons (Fsp3) is 0.308. The van der Waals surface area contributed by atoms with Crippen LogP contribution in [0, 0.1) is 0 Å². The van der Waals surface area contributed by atoms with Gasteiger partial charge in [-0.25, -0.2) is 0 Å². The first-order valence-corrected chi connectivity index (χ1v) is 14.4. The molecule has 0 aliphatic heterocycles. The van der Waals surface area contributed by atoms with Gasteiger partial charge in [-0.3, -0.25) is 0 Å². The maximum absolute atomic E-state index is 5.80. The Morgan fingerprint density at radius 1 is 0.700 bits per heavy atom. The third-order valence-corrected chi connectivity index (χ3v) is 9.58. The predicted molar refractivity (Wildman–Crippen MR) is 133 cm³/mol. The van der Waals surface area contributed by atoms with Gasteiger partial charge < -0.3 is 0 Å². The van der Waals surface area contributed by atoms with Gasteiger partial charge in [-0.05, 0) is 6.42 Å². The molecule has 3 aromatic rings. The first kappa shape index (κ1) is 23.3. The molecule has 0 amide bonds. The molecular weight excluding hydrogens is 471 g/mol. The number of hydrogen-bond donors (Lipinski definition) is 0. The van der Waals surface area contributed by atoms with Crippen LogP contribution in [0.4, 0.5) is 0 Å². The Morgan fingerprint density at radius 2 is 1.33 bits per heavy atom. The zero-order valence-corrected chi connectivity index (χ0v) is 21.1. The van der Waals surface area contributed by atoms with Gasteiger partial charge in [0.1, 0.15) is 0 Å². The number of ether oxygens (including phenoxy) is 1. The quantitative estimate of drug-likeness (QED) is 0.186. The van der Waals surface area contributed by atoms with Crippen molar-refractivity contribution in [2.45, 2.75) is 64.4 Å². The van der Waals surface area contributed by atoms with Crippen LogP contribution in [0.1, 0.15) is 39.5 Å². The van der Waals surface area contributed by atoms with Crippen molar-refractivity contribution < 1.29 is 4.74 Å². The Balaban J connectivity index is 1.70. The van der Waals surface area contributed by atoms with Gasteiger partial charge >= 0.3 is 177 Å². The molecule has 0 saturated heterocycles. The molecule has 0 aromatic heterocycles. The van der Waals surface area contributed by atoms with Crippen LogP contribution < -0.4 is 9.20 Å². The molecule has 0 aliphatic carbocycles. The van der Waals surface area contributed by atoms with Crippen LogP contribution in [0.15, 0.2) is 92.4 Å². The Hall–Kier alpha value is -1.32. The molecule has 0 aliphatic rings. The van der Waals surface area contributed by atoms with Crippen molar-refractivity contribution in [2.24, 2.45) is 0 Å². The first-order valence-electron chi connectivity index (χ1n) is 10.7. The average molecular weight is 502 g/mol. The summed E-state index contributed by atoms with van der Waals surface area (Å²) in [7, 11) is 0. The SMILES string of the molecule is CCCCOc1ccc(Sc2ccccc2Sc2ccccc2[Se]CCCC)cc1. The molecule has 0 atom stereocenters. The van der Waals surface area contributed by atoms with Gasteiger partial charge in [0.05, 0.1) is 0 Å². The second-order valence-corrected chi connectivity index (χ2v) is 11.6. The number of rotatable bonds is 12. The normalized spacial score (nSPS) is 10.9. The summed E-state index contributed by atoms with van der Waals surface area (Å²) < 4.78 is 7.32. The Morgan fingerprint density at radius 3 is 2.03 bits per heavy atom. The third-order valence-electron chi connectivity index (χ3n) is 4.49. The van der Waals surface area contributed by atoms with Gasteiger partial charge in [-0.1, -0.05) is 13.3 Å². The number of benzene rings is 3. The molecule has 0 heterocycles. The van der Waals surface area contributed by atoms with Gasteiger partial charge in [0.2, 0.25) is 0 Å². The molecule has 0 saturated carbocycles. The summed E-state index contributed by atoms with van der Waals surface area (Å²) in [4.78, 5) is 5.27. The maximum atomic E-state index is 5.80. The molecule has 158 valence electrons. The molecule has 0 radical (unpaired) electrons. The van der Waals surface area contributed by atoms with Gasteiger partial charge in [0, 0.05) is 0 Å². The van der Waals surface area contributed by atoms with E-state index in [2.05, 4.69) is 86.6 Å². The minimum atomic E-state index is 0.551. The van der Waals surface area contributed by atoms with Crippen LogP contribution in [0.3, 0.4) is 0 Å². The van der Waals surface area contributed by atoms with Crippen LogP contribution in [-0.2, 0) is 0 Å². The first-order chi connectivity index (χ1) is 14.8. The zero-order valence-electron chi connectivity index (χ0n) is 17.8. The second-order valence-electron chi connectivity index (χ2n) is 6.97. The predicted octanol–water partition coefficient (Wildman–Crippen LogP) is 7.72. The third kappa shape index (κ3) is 7.42. The Labute approximate surface area is 196 Å². The fourth-order valence-electron chi connectivity index (χ4n) is 2.78. The van der Waals surface area contributed by atoms with E-state index >= 15 is 0 Å². The van der Waals surface area contributed by atoms with Crippen molar-refractivity contribution in [1.29, 1.82) is 0 Å². The summed E-state index contributed by atoms with van der Waals surface area (Å²) in [6.45, 7) is 5.25. The van der Waals surface area contributed by atoms with Crippen LogP contribution in [0.5, 0.6) is 5.75 Å². The molecule has 3 rings (SSSR count). The fourth-order valence-corrected chi connectivity index (χ4v) is 7.49. The van der Waals surface area contributed by atoms with E-state index < -0.39 is 0 Å². The Bertz CT molecular complexity index is 896. The molecule has 1 nitrogen and oxygen atoms in total. The van der Waals surface area contributed by atoms with Gasteiger partial charge in [0.25, 0.3) is 0 Å². The van der Waals surface area contributed by atoms with E-state index in [9.17, 15) is 0 Å².